The van der Waals surface area contributed by atoms with E-state index in [4.69, 9.17) is 9.16 Å². The van der Waals surface area contributed by atoms with E-state index >= 15 is 0 Å². The molecule has 0 rings (SSSR count). The molecule has 0 radical (unpaired) electrons. The Morgan fingerprint density at radius 2 is 1.52 bits per heavy atom. The summed E-state index contributed by atoms with van der Waals surface area (Å²) in [5.74, 6) is -1.22. The van der Waals surface area contributed by atoms with E-state index in [9.17, 15) is 14.4 Å². The molecular weight excluding hydrogens is 346 g/mol. The highest BCUT2D eigenvalue weighted by atomic mass is 28.4. The summed E-state index contributed by atoms with van der Waals surface area (Å²) in [5.41, 5.74) is -1.54. The number of hydrogen-bond donors (Lipinski definition) is 1. The van der Waals surface area contributed by atoms with Crippen LogP contribution in [0.3, 0.4) is 0 Å². The van der Waals surface area contributed by atoms with Gasteiger partial charge in [-0.2, -0.15) is 0 Å². The maximum Gasteiger partial charge on any atom is 0.407 e. The minimum absolute atomic E-state index is 0.0317. The Hall–Kier alpha value is -1.61. The highest BCUT2D eigenvalue weighted by molar-refractivity contribution is 6.74. The lowest BCUT2D eigenvalue weighted by atomic mass is 9.94. The quantitative estimate of drug-likeness (QED) is 0.393. The van der Waals surface area contributed by atoms with Gasteiger partial charge in [0.05, 0.1) is 27.9 Å². The monoisotopic (exact) mass is 377 g/mol. The van der Waals surface area contributed by atoms with Crippen LogP contribution in [0.2, 0.25) is 18.1 Å². The van der Waals surface area contributed by atoms with Crippen molar-refractivity contribution in [3.05, 3.63) is 0 Å². The first-order chi connectivity index (χ1) is 11.3. The largest absolute Gasteiger partial charge is 0.469 e. The Bertz CT molecular complexity index is 487. The Morgan fingerprint density at radius 3 is 1.92 bits per heavy atom. The van der Waals surface area contributed by atoms with Crippen molar-refractivity contribution in [1.82, 2.24) is 5.32 Å². The summed E-state index contributed by atoms with van der Waals surface area (Å²) in [6.45, 7) is 10.1. The molecule has 1 N–H and O–H groups in total. The smallest absolute Gasteiger partial charge is 0.407 e. The zero-order chi connectivity index (χ0) is 19.9. The van der Waals surface area contributed by atoms with Crippen molar-refractivity contribution in [3.63, 3.8) is 0 Å². The van der Waals surface area contributed by atoms with Crippen molar-refractivity contribution in [1.29, 1.82) is 0 Å². The van der Waals surface area contributed by atoms with Gasteiger partial charge >= 0.3 is 18.0 Å². The average molecular weight is 378 g/mol. The van der Waals surface area contributed by atoms with Crippen LogP contribution in [-0.4, -0.2) is 59.8 Å². The fraction of sp³-hybridized carbons (Fsp3) is 0.812. The van der Waals surface area contributed by atoms with Crippen LogP contribution in [-0.2, 0) is 28.2 Å². The molecule has 0 aliphatic heterocycles. The predicted octanol–water partition coefficient (Wildman–Crippen LogP) is 2.23. The van der Waals surface area contributed by atoms with Crippen LogP contribution in [0.4, 0.5) is 4.79 Å². The molecule has 0 spiro atoms. The van der Waals surface area contributed by atoms with Crippen molar-refractivity contribution in [3.8, 4) is 0 Å². The van der Waals surface area contributed by atoms with Gasteiger partial charge in [0.25, 0.3) is 0 Å². The van der Waals surface area contributed by atoms with E-state index in [-0.39, 0.29) is 24.5 Å². The Kier molecular flexibility index (Phi) is 8.59. The third kappa shape index (κ3) is 6.66. The molecule has 0 unspecified atom stereocenters. The third-order valence-corrected chi connectivity index (χ3v) is 9.05. The maximum atomic E-state index is 12.4. The molecule has 0 fully saturated rings. The summed E-state index contributed by atoms with van der Waals surface area (Å²) in [6, 6.07) is 0. The van der Waals surface area contributed by atoms with Crippen LogP contribution in [0, 0.1) is 0 Å². The van der Waals surface area contributed by atoms with Crippen LogP contribution in [0.5, 0.6) is 0 Å². The number of esters is 2. The second-order valence-electron chi connectivity index (χ2n) is 7.32. The molecule has 25 heavy (non-hydrogen) atoms. The number of hydrogen-bond acceptors (Lipinski definition) is 7. The fourth-order valence-electron chi connectivity index (χ4n) is 1.76. The molecule has 8 nitrogen and oxygen atoms in total. The normalized spacial score (nSPS) is 14.2. The molecule has 0 saturated carbocycles. The summed E-state index contributed by atoms with van der Waals surface area (Å²) in [5, 5.41) is 2.39. The van der Waals surface area contributed by atoms with E-state index in [0.717, 1.165) is 0 Å². The number of carbonyl (C=O) groups is 3. The topological polar surface area (TPSA) is 100 Å². The SMILES string of the molecule is COC(=O)CC[C@](CO[Si](C)(C)C(C)(C)C)(NC(=O)OC)C(=O)OC. The Morgan fingerprint density at radius 1 is 0.960 bits per heavy atom. The summed E-state index contributed by atoms with van der Waals surface area (Å²) in [7, 11) is 1.43. The molecule has 146 valence electrons. The molecule has 1 atom stereocenters. The van der Waals surface area contributed by atoms with Crippen molar-refractivity contribution < 1.29 is 33.0 Å². The Labute approximate surface area is 150 Å². The van der Waals surface area contributed by atoms with Crippen molar-refractivity contribution in [2.24, 2.45) is 0 Å². The van der Waals surface area contributed by atoms with Crippen LogP contribution < -0.4 is 5.32 Å². The molecule has 0 heterocycles. The van der Waals surface area contributed by atoms with Crippen LogP contribution in [0.25, 0.3) is 0 Å². The van der Waals surface area contributed by atoms with Crippen LogP contribution in [0.1, 0.15) is 33.6 Å². The lowest BCUT2D eigenvalue weighted by Gasteiger charge is -2.40. The first-order valence-corrected chi connectivity index (χ1v) is 10.9. The van der Waals surface area contributed by atoms with Crippen LogP contribution >= 0.6 is 0 Å². The standard InChI is InChI=1S/C16H31NO7Si/c1-15(2,3)25(7,8)24-11-16(13(19)22-5,17-14(20)23-6)10-9-12(18)21-4/h9-11H2,1-8H3,(H,17,20)/t16-/m1/s1. The predicted molar refractivity (Wildman–Crippen MR) is 94.7 cm³/mol. The molecule has 1 amide bonds. The van der Waals surface area contributed by atoms with Gasteiger partial charge in [-0.05, 0) is 24.6 Å². The number of alkyl carbamates (subject to hydrolysis) is 1. The van der Waals surface area contributed by atoms with E-state index in [1.54, 1.807) is 0 Å². The minimum atomic E-state index is -2.22. The van der Waals surface area contributed by atoms with Gasteiger partial charge in [0.1, 0.15) is 0 Å². The zero-order valence-corrected chi connectivity index (χ0v) is 17.5. The number of methoxy groups -OCH3 is 3. The van der Waals surface area contributed by atoms with E-state index in [2.05, 4.69) is 35.6 Å². The molecule has 0 saturated heterocycles. The van der Waals surface area contributed by atoms with Gasteiger partial charge in [-0.1, -0.05) is 20.8 Å². The molecule has 0 aromatic carbocycles. The van der Waals surface area contributed by atoms with E-state index in [1.807, 2.05) is 13.1 Å². The zero-order valence-electron chi connectivity index (χ0n) is 16.5. The first-order valence-electron chi connectivity index (χ1n) is 8.00. The number of ether oxygens (including phenoxy) is 3. The number of amides is 1. The minimum Gasteiger partial charge on any atom is -0.469 e. The van der Waals surface area contributed by atoms with Gasteiger partial charge in [0.15, 0.2) is 13.9 Å². The second-order valence-corrected chi connectivity index (χ2v) is 12.1. The van der Waals surface area contributed by atoms with E-state index < -0.39 is 31.9 Å². The number of rotatable bonds is 8. The van der Waals surface area contributed by atoms with Gasteiger partial charge in [-0.15, -0.1) is 0 Å². The summed E-state index contributed by atoms with van der Waals surface area (Å²) >= 11 is 0. The maximum absolute atomic E-state index is 12.4. The van der Waals surface area contributed by atoms with Gasteiger partial charge in [0.2, 0.25) is 0 Å². The first kappa shape index (κ1) is 23.4. The highest BCUT2D eigenvalue weighted by Gasteiger charge is 2.46. The summed E-state index contributed by atoms with van der Waals surface area (Å²) in [4.78, 5) is 35.8. The van der Waals surface area contributed by atoms with Gasteiger partial charge in [-0.3, -0.25) is 4.79 Å². The average Bonchev–Trinajstić information content (AvgIpc) is 2.54. The molecule has 0 aliphatic carbocycles. The molecule has 0 bridgehead atoms. The molecule has 0 aromatic heterocycles. The highest BCUT2D eigenvalue weighted by Crippen LogP contribution is 2.37. The van der Waals surface area contributed by atoms with Gasteiger partial charge in [-0.25, -0.2) is 9.59 Å². The number of carbonyl (C=O) groups excluding carboxylic acids is 3. The molecule has 0 aliphatic rings. The van der Waals surface area contributed by atoms with Crippen molar-refractivity contribution >= 4 is 26.3 Å². The second kappa shape index (κ2) is 9.19. The fourth-order valence-corrected chi connectivity index (χ4v) is 2.80. The lowest BCUT2D eigenvalue weighted by molar-refractivity contribution is -0.151. The van der Waals surface area contributed by atoms with Crippen LogP contribution in [0.15, 0.2) is 0 Å². The van der Waals surface area contributed by atoms with E-state index in [1.165, 1.54) is 21.3 Å². The van der Waals surface area contributed by atoms with E-state index in [0.29, 0.717) is 0 Å². The summed E-state index contributed by atoms with van der Waals surface area (Å²) in [6.07, 6.45) is -0.930. The lowest BCUT2D eigenvalue weighted by Crippen LogP contribution is -2.60. The third-order valence-electron chi connectivity index (χ3n) is 4.57. The van der Waals surface area contributed by atoms with Gasteiger partial charge < -0.3 is 24.0 Å². The molecular formula is C16H31NO7Si. The van der Waals surface area contributed by atoms with Crippen molar-refractivity contribution in [2.45, 2.75) is 57.3 Å². The van der Waals surface area contributed by atoms with Gasteiger partial charge in [0, 0.05) is 6.42 Å². The molecule has 0 aromatic rings. The molecule has 9 heteroatoms. The summed E-state index contributed by atoms with van der Waals surface area (Å²) < 4.78 is 20.2. The van der Waals surface area contributed by atoms with Crippen molar-refractivity contribution in [2.75, 3.05) is 27.9 Å². The Balaban J connectivity index is 5.61. The number of nitrogens with one attached hydrogen (secondary N) is 1.